The zero-order valence-corrected chi connectivity index (χ0v) is 12.5. The highest BCUT2D eigenvalue weighted by Crippen LogP contribution is 2.18. The minimum atomic E-state index is 0.761. The second-order valence-electron chi connectivity index (χ2n) is 4.91. The summed E-state index contributed by atoms with van der Waals surface area (Å²) < 4.78 is 1.15. The number of hydrogen-bond donors (Lipinski definition) is 1. The lowest BCUT2D eigenvalue weighted by Gasteiger charge is -2.04. The highest BCUT2D eigenvalue weighted by atomic mass is 32.1. The van der Waals surface area contributed by atoms with Crippen molar-refractivity contribution in [1.29, 1.82) is 0 Å². The van der Waals surface area contributed by atoms with Gasteiger partial charge in [-0.15, -0.1) is 11.3 Å². The molecule has 2 rings (SSSR count). The number of rotatable bonds is 9. The molecule has 1 N–H and O–H groups in total. The lowest BCUT2D eigenvalue weighted by Crippen LogP contribution is -2.04. The third-order valence-electron chi connectivity index (χ3n) is 3.27. The first-order valence-electron chi connectivity index (χ1n) is 7.34. The van der Waals surface area contributed by atoms with Gasteiger partial charge in [0, 0.05) is 6.54 Å². The molecule has 0 saturated carbocycles. The average molecular weight is 277 g/mol. The van der Waals surface area contributed by atoms with E-state index in [0.717, 1.165) is 22.7 Å². The summed E-state index contributed by atoms with van der Waals surface area (Å²) in [5.74, 6) is 0.761. The van der Waals surface area contributed by atoms with E-state index in [4.69, 9.17) is 0 Å². The first kappa shape index (κ1) is 14.3. The van der Waals surface area contributed by atoms with Crippen molar-refractivity contribution in [3.05, 3.63) is 17.6 Å². The SMILES string of the molecule is CCCCCCCCCNc1ncc2sccc2n1. The van der Waals surface area contributed by atoms with Gasteiger partial charge in [0.2, 0.25) is 5.95 Å². The molecule has 0 radical (unpaired) electrons. The fourth-order valence-electron chi connectivity index (χ4n) is 2.13. The molecule has 0 atom stereocenters. The molecular weight excluding hydrogens is 254 g/mol. The van der Waals surface area contributed by atoms with Gasteiger partial charge in [0.05, 0.1) is 16.4 Å². The first-order chi connectivity index (χ1) is 9.40. The molecule has 0 fully saturated rings. The molecule has 2 aromatic rings. The zero-order valence-electron chi connectivity index (χ0n) is 11.7. The standard InChI is InChI=1S/C15H23N3S/c1-2-3-4-5-6-7-8-10-16-15-17-12-14-13(18-15)9-11-19-14/h9,11-12H,2-8,10H2,1H3,(H,16,17,18). The zero-order chi connectivity index (χ0) is 13.3. The molecule has 0 aromatic carbocycles. The van der Waals surface area contributed by atoms with Gasteiger partial charge in [-0.3, -0.25) is 0 Å². The number of aromatic nitrogens is 2. The molecule has 0 spiro atoms. The van der Waals surface area contributed by atoms with Crippen LogP contribution in [0.3, 0.4) is 0 Å². The van der Waals surface area contributed by atoms with Crippen molar-refractivity contribution in [2.24, 2.45) is 0 Å². The number of anilines is 1. The summed E-state index contributed by atoms with van der Waals surface area (Å²) in [7, 11) is 0. The van der Waals surface area contributed by atoms with Crippen LogP contribution in [0.15, 0.2) is 17.6 Å². The molecule has 2 heterocycles. The van der Waals surface area contributed by atoms with Crippen LogP contribution < -0.4 is 5.32 Å². The monoisotopic (exact) mass is 277 g/mol. The van der Waals surface area contributed by atoms with Crippen molar-refractivity contribution in [2.75, 3.05) is 11.9 Å². The lowest BCUT2D eigenvalue weighted by molar-refractivity contribution is 0.596. The summed E-state index contributed by atoms with van der Waals surface area (Å²) in [6, 6.07) is 2.04. The third-order valence-corrected chi connectivity index (χ3v) is 4.11. The molecule has 0 aliphatic rings. The maximum absolute atomic E-state index is 4.48. The Hall–Kier alpha value is -1.16. The van der Waals surface area contributed by atoms with Gasteiger partial charge in [0.1, 0.15) is 0 Å². The van der Waals surface area contributed by atoms with E-state index in [1.807, 2.05) is 12.3 Å². The van der Waals surface area contributed by atoms with Crippen LogP contribution in [0.5, 0.6) is 0 Å². The maximum Gasteiger partial charge on any atom is 0.223 e. The van der Waals surface area contributed by atoms with E-state index in [1.165, 1.54) is 44.9 Å². The average Bonchev–Trinajstić information content (AvgIpc) is 2.89. The van der Waals surface area contributed by atoms with Crippen molar-refractivity contribution in [2.45, 2.75) is 51.9 Å². The summed E-state index contributed by atoms with van der Waals surface area (Å²) in [6.45, 7) is 3.23. The normalized spacial score (nSPS) is 11.0. The molecule has 2 aromatic heterocycles. The van der Waals surface area contributed by atoms with Crippen LogP contribution in [0.4, 0.5) is 5.95 Å². The number of nitrogens with one attached hydrogen (secondary N) is 1. The number of unbranched alkanes of at least 4 members (excludes halogenated alkanes) is 6. The maximum atomic E-state index is 4.48. The summed E-state index contributed by atoms with van der Waals surface area (Å²) in [5, 5.41) is 5.37. The van der Waals surface area contributed by atoms with Gasteiger partial charge < -0.3 is 5.32 Å². The van der Waals surface area contributed by atoms with Gasteiger partial charge in [-0.25, -0.2) is 9.97 Å². The lowest BCUT2D eigenvalue weighted by atomic mass is 10.1. The Kier molecular flexibility index (Phi) is 6.08. The van der Waals surface area contributed by atoms with Gasteiger partial charge >= 0.3 is 0 Å². The smallest absolute Gasteiger partial charge is 0.223 e. The molecule has 0 saturated heterocycles. The molecule has 0 aliphatic carbocycles. The van der Waals surface area contributed by atoms with E-state index in [2.05, 4.69) is 27.6 Å². The number of nitrogens with zero attached hydrogens (tertiary/aromatic N) is 2. The molecular formula is C15H23N3S. The number of thiophene rings is 1. The van der Waals surface area contributed by atoms with E-state index in [9.17, 15) is 0 Å². The molecule has 0 amide bonds. The van der Waals surface area contributed by atoms with E-state index in [1.54, 1.807) is 11.3 Å². The molecule has 4 heteroatoms. The Morgan fingerprint density at radius 3 is 2.74 bits per heavy atom. The van der Waals surface area contributed by atoms with Gasteiger partial charge in [-0.05, 0) is 17.9 Å². The van der Waals surface area contributed by atoms with Crippen molar-refractivity contribution < 1.29 is 0 Å². The topological polar surface area (TPSA) is 37.8 Å². The second kappa shape index (κ2) is 8.10. The largest absolute Gasteiger partial charge is 0.354 e. The second-order valence-corrected chi connectivity index (χ2v) is 5.86. The van der Waals surface area contributed by atoms with E-state index in [-0.39, 0.29) is 0 Å². The van der Waals surface area contributed by atoms with Crippen LogP contribution >= 0.6 is 11.3 Å². The fourth-order valence-corrected chi connectivity index (χ4v) is 2.82. The third kappa shape index (κ3) is 4.78. The molecule has 0 aliphatic heterocycles. The van der Waals surface area contributed by atoms with E-state index >= 15 is 0 Å². The summed E-state index contributed by atoms with van der Waals surface area (Å²) in [6.07, 6.45) is 11.2. The molecule has 0 unspecified atom stereocenters. The van der Waals surface area contributed by atoms with Crippen LogP contribution in [-0.2, 0) is 0 Å². The van der Waals surface area contributed by atoms with Crippen LogP contribution in [0.25, 0.3) is 10.2 Å². The molecule has 104 valence electrons. The summed E-state index contributed by atoms with van der Waals surface area (Å²) >= 11 is 1.68. The predicted molar refractivity (Wildman–Crippen MR) is 83.9 cm³/mol. The van der Waals surface area contributed by atoms with Crippen LogP contribution in [-0.4, -0.2) is 16.5 Å². The minimum absolute atomic E-state index is 0.761. The van der Waals surface area contributed by atoms with Crippen molar-refractivity contribution in [1.82, 2.24) is 9.97 Å². The van der Waals surface area contributed by atoms with Crippen LogP contribution in [0.2, 0.25) is 0 Å². The number of fused-ring (bicyclic) bond motifs is 1. The highest BCUT2D eigenvalue weighted by Gasteiger charge is 1.99. The number of hydrogen-bond acceptors (Lipinski definition) is 4. The first-order valence-corrected chi connectivity index (χ1v) is 8.22. The summed E-state index contributed by atoms with van der Waals surface area (Å²) in [4.78, 5) is 8.81. The highest BCUT2D eigenvalue weighted by molar-refractivity contribution is 7.17. The van der Waals surface area contributed by atoms with Crippen molar-refractivity contribution in [3.63, 3.8) is 0 Å². The molecule has 0 bridgehead atoms. The Morgan fingerprint density at radius 2 is 1.89 bits per heavy atom. The van der Waals surface area contributed by atoms with E-state index < -0.39 is 0 Å². The Morgan fingerprint density at radius 1 is 1.11 bits per heavy atom. The molecule has 3 nitrogen and oxygen atoms in total. The Bertz CT molecular complexity index is 481. The van der Waals surface area contributed by atoms with Crippen LogP contribution in [0, 0.1) is 0 Å². The van der Waals surface area contributed by atoms with Gasteiger partial charge in [0.25, 0.3) is 0 Å². The van der Waals surface area contributed by atoms with E-state index in [0.29, 0.717) is 0 Å². The van der Waals surface area contributed by atoms with Crippen LogP contribution in [0.1, 0.15) is 51.9 Å². The quantitative estimate of drug-likeness (QED) is 0.665. The molecule has 19 heavy (non-hydrogen) atoms. The fraction of sp³-hybridized carbons (Fsp3) is 0.600. The summed E-state index contributed by atoms with van der Waals surface area (Å²) in [5.41, 5.74) is 1.04. The predicted octanol–water partition coefficient (Wildman–Crippen LogP) is 4.85. The van der Waals surface area contributed by atoms with Crippen molar-refractivity contribution in [3.8, 4) is 0 Å². The van der Waals surface area contributed by atoms with Crippen molar-refractivity contribution >= 4 is 27.5 Å². The van der Waals surface area contributed by atoms with Gasteiger partial charge in [0.15, 0.2) is 0 Å². The Balaban J connectivity index is 1.60. The van der Waals surface area contributed by atoms with Gasteiger partial charge in [-0.1, -0.05) is 45.4 Å². The minimum Gasteiger partial charge on any atom is -0.354 e. The Labute approximate surface area is 119 Å². The van der Waals surface area contributed by atoms with Gasteiger partial charge in [-0.2, -0.15) is 0 Å².